The lowest BCUT2D eigenvalue weighted by atomic mass is 9.84. The Bertz CT molecular complexity index is 1100. The number of nitrogens with zero attached hydrogens (tertiary/aromatic N) is 5. The Kier molecular flexibility index (Phi) is 11.5. The van der Waals surface area contributed by atoms with Crippen molar-refractivity contribution < 1.29 is 0 Å². The van der Waals surface area contributed by atoms with Gasteiger partial charge in [-0.2, -0.15) is 0 Å². The molecule has 1 aromatic carbocycles. The molecule has 0 N–H and O–H groups in total. The lowest BCUT2D eigenvalue weighted by Gasteiger charge is -2.36. The Labute approximate surface area is 243 Å². The number of benzene rings is 1. The highest BCUT2D eigenvalue weighted by Crippen LogP contribution is 2.35. The molecule has 5 nitrogen and oxygen atoms in total. The number of hydrogen-bond acceptors (Lipinski definition) is 5. The van der Waals surface area contributed by atoms with E-state index in [1.54, 1.807) is 0 Å². The number of rotatable bonds is 11. The molecule has 2 heterocycles. The molecule has 3 aliphatic rings. The van der Waals surface area contributed by atoms with Crippen molar-refractivity contribution in [3.05, 3.63) is 65.0 Å². The van der Waals surface area contributed by atoms with Crippen molar-refractivity contribution in [3.8, 4) is 0 Å². The van der Waals surface area contributed by atoms with Gasteiger partial charge in [0.1, 0.15) is 0 Å². The van der Waals surface area contributed by atoms with E-state index >= 15 is 0 Å². The van der Waals surface area contributed by atoms with Gasteiger partial charge in [-0.25, -0.2) is 0 Å². The molecule has 0 amide bonds. The Hall–Kier alpha value is -2.79. The fraction of sp³-hybridized carbons (Fsp3) is 0.571. The SMILES string of the molecule is C=N/C(CC)=C(C)\C=N/CN1CCC(CCc2ccc(C3=CCC(C(=C)N4CCC(=NC)CC4)CC3)cc2)CC1. The molecule has 216 valence electrons. The first-order valence-corrected chi connectivity index (χ1v) is 15.6. The summed E-state index contributed by atoms with van der Waals surface area (Å²) in [6, 6.07) is 9.44. The molecule has 2 saturated heterocycles. The average Bonchev–Trinajstić information content (AvgIpc) is 3.01. The summed E-state index contributed by atoms with van der Waals surface area (Å²) in [5, 5.41) is 0. The third-order valence-electron chi connectivity index (χ3n) is 9.37. The quantitative estimate of drug-likeness (QED) is 0.271. The largest absolute Gasteiger partial charge is 0.374 e. The van der Waals surface area contributed by atoms with E-state index in [0.717, 1.165) is 82.1 Å². The normalized spacial score (nSPS) is 21.8. The van der Waals surface area contributed by atoms with Gasteiger partial charge in [-0.1, -0.05) is 43.8 Å². The van der Waals surface area contributed by atoms with Gasteiger partial charge in [0.2, 0.25) is 0 Å². The standard InChI is InChI=1S/C35H51N5/c1-6-35(37-5)27(2)25-38-26-39-21-17-30(18-22-39)8-7-29-9-11-32(12-10-29)33-15-13-31(14-16-33)28(3)40-23-19-34(36-4)20-24-40/h9-12,15,25,30-31H,3,5-8,13-14,16-24,26H2,1-2,4H3/b35-27-,38-25-. The predicted molar refractivity (Wildman–Crippen MR) is 174 cm³/mol. The third-order valence-corrected chi connectivity index (χ3v) is 9.37. The van der Waals surface area contributed by atoms with Crippen LogP contribution >= 0.6 is 0 Å². The van der Waals surface area contributed by atoms with Gasteiger partial charge in [-0.3, -0.25) is 19.9 Å². The van der Waals surface area contributed by atoms with Gasteiger partial charge in [0.05, 0.1) is 6.67 Å². The smallest absolute Gasteiger partial charge is 0.0909 e. The lowest BCUT2D eigenvalue weighted by Crippen LogP contribution is -2.35. The van der Waals surface area contributed by atoms with Gasteiger partial charge in [0, 0.05) is 75.3 Å². The molecule has 0 aromatic heterocycles. The van der Waals surface area contributed by atoms with Crippen molar-refractivity contribution >= 4 is 24.2 Å². The van der Waals surface area contributed by atoms with Gasteiger partial charge >= 0.3 is 0 Å². The van der Waals surface area contributed by atoms with E-state index in [9.17, 15) is 0 Å². The van der Waals surface area contributed by atoms with E-state index in [-0.39, 0.29) is 0 Å². The fourth-order valence-electron chi connectivity index (χ4n) is 6.49. The molecule has 5 heteroatoms. The Balaban J connectivity index is 1.17. The van der Waals surface area contributed by atoms with E-state index in [1.165, 1.54) is 60.2 Å². The summed E-state index contributed by atoms with van der Waals surface area (Å²) in [5.74, 6) is 1.41. The predicted octanol–water partition coefficient (Wildman–Crippen LogP) is 7.61. The highest BCUT2D eigenvalue weighted by atomic mass is 15.2. The molecule has 1 atom stereocenters. The van der Waals surface area contributed by atoms with Gasteiger partial charge in [0.15, 0.2) is 0 Å². The summed E-state index contributed by atoms with van der Waals surface area (Å²) < 4.78 is 0. The van der Waals surface area contributed by atoms with Crippen LogP contribution in [-0.2, 0) is 6.42 Å². The van der Waals surface area contributed by atoms with Gasteiger partial charge in [-0.05, 0) is 93.2 Å². The molecule has 0 saturated carbocycles. The van der Waals surface area contributed by atoms with Crippen molar-refractivity contribution in [2.24, 2.45) is 26.8 Å². The summed E-state index contributed by atoms with van der Waals surface area (Å²) in [7, 11) is 1.92. The molecule has 2 fully saturated rings. The minimum absolute atomic E-state index is 0.589. The van der Waals surface area contributed by atoms with Gasteiger partial charge in [0.25, 0.3) is 0 Å². The number of aryl methyl sites for hydroxylation is 1. The molecule has 2 aliphatic heterocycles. The summed E-state index contributed by atoms with van der Waals surface area (Å²) in [6.45, 7) is 17.6. The number of allylic oxidation sites excluding steroid dienone is 5. The number of aliphatic imine (C=N–C) groups is 3. The topological polar surface area (TPSA) is 43.6 Å². The number of piperidine rings is 2. The van der Waals surface area contributed by atoms with Gasteiger partial charge < -0.3 is 4.90 Å². The van der Waals surface area contributed by atoms with Crippen LogP contribution in [0.3, 0.4) is 0 Å². The van der Waals surface area contributed by atoms with E-state index in [0.29, 0.717) is 5.92 Å². The van der Waals surface area contributed by atoms with Crippen LogP contribution in [0.4, 0.5) is 0 Å². The van der Waals surface area contributed by atoms with E-state index < -0.39 is 0 Å². The Morgan fingerprint density at radius 2 is 1.75 bits per heavy atom. The second kappa shape index (κ2) is 15.3. The third kappa shape index (κ3) is 8.36. The van der Waals surface area contributed by atoms with E-state index in [2.05, 4.69) is 82.3 Å². The molecule has 4 rings (SSSR count). The van der Waals surface area contributed by atoms with Crippen molar-refractivity contribution in [2.75, 3.05) is 39.9 Å². The Morgan fingerprint density at radius 1 is 1.02 bits per heavy atom. The summed E-state index contributed by atoms with van der Waals surface area (Å²) >= 11 is 0. The van der Waals surface area contributed by atoms with E-state index in [4.69, 9.17) is 0 Å². The highest BCUT2D eigenvalue weighted by molar-refractivity contribution is 5.85. The lowest BCUT2D eigenvalue weighted by molar-refractivity contribution is 0.184. The fourth-order valence-corrected chi connectivity index (χ4v) is 6.49. The van der Waals surface area contributed by atoms with E-state index in [1.807, 2.05) is 13.3 Å². The molecular weight excluding hydrogens is 490 g/mol. The first-order valence-electron chi connectivity index (χ1n) is 15.6. The van der Waals surface area contributed by atoms with Crippen LogP contribution in [0.15, 0.2) is 68.9 Å². The maximum atomic E-state index is 4.66. The molecular formula is C35H51N5. The number of likely N-dealkylation sites (tertiary alicyclic amines) is 2. The van der Waals surface area contributed by atoms with Gasteiger partial charge in [-0.15, -0.1) is 0 Å². The van der Waals surface area contributed by atoms with Crippen LogP contribution in [0.5, 0.6) is 0 Å². The molecule has 0 spiro atoms. The van der Waals surface area contributed by atoms with Crippen molar-refractivity contribution in [1.82, 2.24) is 9.80 Å². The van der Waals surface area contributed by atoms with Crippen LogP contribution in [0.1, 0.15) is 82.8 Å². The van der Waals surface area contributed by atoms with Crippen LogP contribution in [-0.4, -0.2) is 68.3 Å². The molecule has 0 bridgehead atoms. The zero-order valence-electron chi connectivity index (χ0n) is 25.4. The maximum absolute atomic E-state index is 4.66. The first-order chi connectivity index (χ1) is 19.5. The minimum Gasteiger partial charge on any atom is -0.374 e. The second-order valence-corrected chi connectivity index (χ2v) is 11.9. The van der Waals surface area contributed by atoms with Crippen molar-refractivity contribution in [3.63, 3.8) is 0 Å². The molecule has 1 aromatic rings. The average molecular weight is 542 g/mol. The highest BCUT2D eigenvalue weighted by Gasteiger charge is 2.24. The van der Waals surface area contributed by atoms with Crippen LogP contribution < -0.4 is 0 Å². The molecule has 1 unspecified atom stereocenters. The zero-order valence-corrected chi connectivity index (χ0v) is 25.4. The molecule has 40 heavy (non-hydrogen) atoms. The molecule has 1 aliphatic carbocycles. The summed E-state index contributed by atoms with van der Waals surface area (Å²) in [4.78, 5) is 18.1. The summed E-state index contributed by atoms with van der Waals surface area (Å²) in [6.07, 6.45) is 16.1. The minimum atomic E-state index is 0.589. The van der Waals surface area contributed by atoms with Crippen molar-refractivity contribution in [2.45, 2.75) is 78.1 Å². The van der Waals surface area contributed by atoms with Crippen LogP contribution in [0.25, 0.3) is 5.57 Å². The van der Waals surface area contributed by atoms with Crippen molar-refractivity contribution in [1.29, 1.82) is 0 Å². The first kappa shape index (κ1) is 30.2. The maximum Gasteiger partial charge on any atom is 0.0909 e. The second-order valence-electron chi connectivity index (χ2n) is 11.9. The van der Waals surface area contributed by atoms with Crippen LogP contribution in [0.2, 0.25) is 0 Å². The summed E-state index contributed by atoms with van der Waals surface area (Å²) in [5.41, 5.74) is 9.27. The zero-order chi connectivity index (χ0) is 28.3. The Morgan fingerprint density at radius 3 is 2.35 bits per heavy atom. The monoisotopic (exact) mass is 541 g/mol. The molecule has 0 radical (unpaired) electrons. The number of hydrogen-bond donors (Lipinski definition) is 0. The van der Waals surface area contributed by atoms with Crippen LogP contribution in [0, 0.1) is 11.8 Å².